The lowest BCUT2D eigenvalue weighted by Gasteiger charge is -2.25. The molecule has 0 spiro atoms. The second kappa shape index (κ2) is 7.46. The van der Waals surface area contributed by atoms with Crippen molar-refractivity contribution in [1.29, 1.82) is 0 Å². The maximum atomic E-state index is 2.50. The maximum absolute atomic E-state index is 2.50. The van der Waals surface area contributed by atoms with Gasteiger partial charge < -0.3 is 4.57 Å². The molecule has 0 atom stereocenters. The van der Waals surface area contributed by atoms with Crippen LogP contribution in [0.25, 0.3) is 54.5 Å². The summed E-state index contributed by atoms with van der Waals surface area (Å²) in [6.45, 7) is 13.8. The summed E-state index contributed by atoms with van der Waals surface area (Å²) in [4.78, 5) is 0. The molecule has 0 aliphatic rings. The molecule has 6 aromatic rings. The maximum Gasteiger partial charge on any atom is 0.0502 e. The molecule has 174 valence electrons. The molecule has 0 N–H and O–H groups in total. The van der Waals surface area contributed by atoms with Crippen LogP contribution in [-0.4, -0.2) is 4.57 Å². The van der Waals surface area contributed by atoms with E-state index in [1.54, 1.807) is 0 Å². The van der Waals surface area contributed by atoms with Crippen LogP contribution in [0.15, 0.2) is 91.0 Å². The Bertz CT molecular complexity index is 1750. The second-order valence-electron chi connectivity index (χ2n) is 11.9. The first-order chi connectivity index (χ1) is 16.6. The summed E-state index contributed by atoms with van der Waals surface area (Å²) in [5, 5.41) is 7.98. The molecule has 1 aromatic heterocycles. The van der Waals surface area contributed by atoms with Crippen LogP contribution in [0.5, 0.6) is 0 Å². The van der Waals surface area contributed by atoms with Gasteiger partial charge in [0, 0.05) is 21.8 Å². The molecule has 0 aliphatic heterocycles. The van der Waals surface area contributed by atoms with Gasteiger partial charge in [-0.1, -0.05) is 93.6 Å². The molecule has 5 aromatic carbocycles. The number of hydrogen-bond acceptors (Lipinski definition) is 0. The zero-order valence-electron chi connectivity index (χ0n) is 21.6. The summed E-state index contributed by atoms with van der Waals surface area (Å²) in [6.07, 6.45) is 0. The van der Waals surface area contributed by atoms with E-state index in [1.807, 2.05) is 0 Å². The van der Waals surface area contributed by atoms with E-state index in [1.165, 1.54) is 60.0 Å². The van der Waals surface area contributed by atoms with Gasteiger partial charge in [-0.05, 0) is 82.6 Å². The average Bonchev–Trinajstić information content (AvgIpc) is 3.16. The van der Waals surface area contributed by atoms with Crippen molar-refractivity contribution in [2.45, 2.75) is 52.5 Å². The van der Waals surface area contributed by atoms with E-state index in [0.717, 1.165) is 0 Å². The Morgan fingerprint density at radius 1 is 0.486 bits per heavy atom. The van der Waals surface area contributed by atoms with E-state index in [2.05, 4.69) is 137 Å². The lowest BCUT2D eigenvalue weighted by molar-refractivity contribution is 0.423. The molecule has 0 aliphatic carbocycles. The molecule has 0 radical (unpaired) electrons. The Hall–Kier alpha value is -3.58. The molecule has 35 heavy (non-hydrogen) atoms. The summed E-state index contributed by atoms with van der Waals surface area (Å²) in [7, 11) is 0. The molecular formula is C34H33N. The summed E-state index contributed by atoms with van der Waals surface area (Å²) in [5.74, 6) is 0. The Balaban J connectivity index is 1.71. The van der Waals surface area contributed by atoms with Gasteiger partial charge in [-0.25, -0.2) is 0 Å². The summed E-state index contributed by atoms with van der Waals surface area (Å²) in [5.41, 5.74) is 6.60. The summed E-state index contributed by atoms with van der Waals surface area (Å²) in [6, 6.07) is 33.9. The van der Waals surface area contributed by atoms with Crippen molar-refractivity contribution in [3.05, 3.63) is 96.6 Å². The van der Waals surface area contributed by atoms with Gasteiger partial charge >= 0.3 is 0 Å². The molecule has 1 nitrogen and oxygen atoms in total. The number of benzene rings is 5. The third-order valence-corrected chi connectivity index (χ3v) is 7.37. The first-order valence-corrected chi connectivity index (χ1v) is 12.6. The molecule has 0 bridgehead atoms. The van der Waals surface area contributed by atoms with Gasteiger partial charge in [0.2, 0.25) is 0 Å². The van der Waals surface area contributed by atoms with E-state index in [-0.39, 0.29) is 11.0 Å². The van der Waals surface area contributed by atoms with Gasteiger partial charge in [0.15, 0.2) is 0 Å². The lowest BCUT2D eigenvalue weighted by atomic mass is 9.81. The fourth-order valence-electron chi connectivity index (χ4n) is 5.86. The van der Waals surface area contributed by atoms with E-state index in [0.29, 0.717) is 0 Å². The highest BCUT2D eigenvalue weighted by atomic mass is 15.0. The number of aromatic nitrogens is 1. The minimum absolute atomic E-state index is 0.0195. The van der Waals surface area contributed by atoms with Crippen molar-refractivity contribution in [3.63, 3.8) is 0 Å². The van der Waals surface area contributed by atoms with Crippen LogP contribution >= 0.6 is 0 Å². The van der Waals surface area contributed by atoms with Crippen LogP contribution in [0, 0.1) is 0 Å². The number of nitrogens with zero attached hydrogens (tertiary/aromatic N) is 1. The standard InChI is InChI=1S/C34H33N/c1-33(2,3)30-21-29-23(15-11-16-25(29)24-12-7-8-13-26(24)30)22-18-19-28-27-14-9-10-17-31(27)35(32(28)20-22)34(4,5)6/h7-21H,1-6H3. The van der Waals surface area contributed by atoms with Gasteiger partial charge in [-0.3, -0.25) is 0 Å². The van der Waals surface area contributed by atoms with Gasteiger partial charge in [0.05, 0.1) is 5.52 Å². The summed E-state index contributed by atoms with van der Waals surface area (Å²) < 4.78 is 2.50. The minimum Gasteiger partial charge on any atom is -0.335 e. The monoisotopic (exact) mass is 455 g/mol. The van der Waals surface area contributed by atoms with E-state index in [4.69, 9.17) is 0 Å². The Morgan fingerprint density at radius 2 is 1.09 bits per heavy atom. The first-order valence-electron chi connectivity index (χ1n) is 12.6. The molecule has 1 heterocycles. The van der Waals surface area contributed by atoms with Crippen LogP contribution in [-0.2, 0) is 11.0 Å². The molecule has 0 saturated heterocycles. The second-order valence-corrected chi connectivity index (χ2v) is 11.9. The highest BCUT2D eigenvalue weighted by molar-refractivity contribution is 6.15. The topological polar surface area (TPSA) is 4.93 Å². The first kappa shape index (κ1) is 21.9. The third-order valence-electron chi connectivity index (χ3n) is 7.37. The minimum atomic E-state index is -0.0195. The number of rotatable bonds is 1. The fourth-order valence-corrected chi connectivity index (χ4v) is 5.86. The highest BCUT2D eigenvalue weighted by Gasteiger charge is 2.22. The molecule has 6 rings (SSSR count). The van der Waals surface area contributed by atoms with Crippen LogP contribution in [0.4, 0.5) is 0 Å². The average molecular weight is 456 g/mol. The highest BCUT2D eigenvalue weighted by Crippen LogP contribution is 2.41. The van der Waals surface area contributed by atoms with Gasteiger partial charge in [0.25, 0.3) is 0 Å². The summed E-state index contributed by atoms with van der Waals surface area (Å²) >= 11 is 0. The smallest absolute Gasteiger partial charge is 0.0502 e. The van der Waals surface area contributed by atoms with Crippen molar-refractivity contribution in [3.8, 4) is 11.1 Å². The predicted molar refractivity (Wildman–Crippen MR) is 154 cm³/mol. The van der Waals surface area contributed by atoms with Crippen LogP contribution < -0.4 is 0 Å². The van der Waals surface area contributed by atoms with Crippen LogP contribution in [0.2, 0.25) is 0 Å². The molecule has 0 amide bonds. The normalized spacial score (nSPS) is 12.9. The van der Waals surface area contributed by atoms with E-state index < -0.39 is 0 Å². The Kier molecular flexibility index (Phi) is 4.67. The quantitative estimate of drug-likeness (QED) is 0.217. The van der Waals surface area contributed by atoms with Crippen molar-refractivity contribution in [2.24, 2.45) is 0 Å². The Morgan fingerprint density at radius 3 is 1.80 bits per heavy atom. The lowest BCUT2D eigenvalue weighted by Crippen LogP contribution is -2.21. The number of hydrogen-bond donors (Lipinski definition) is 0. The zero-order chi connectivity index (χ0) is 24.5. The van der Waals surface area contributed by atoms with Gasteiger partial charge in [-0.2, -0.15) is 0 Å². The van der Waals surface area contributed by atoms with Crippen molar-refractivity contribution in [1.82, 2.24) is 4.57 Å². The SMILES string of the molecule is CC(C)(C)c1cc2c(-c3ccc4c5ccccc5n(C(C)(C)C)c4c3)cccc2c2ccccc12. The molecule has 0 saturated carbocycles. The van der Waals surface area contributed by atoms with E-state index >= 15 is 0 Å². The van der Waals surface area contributed by atoms with Gasteiger partial charge in [0.1, 0.15) is 0 Å². The van der Waals surface area contributed by atoms with Crippen molar-refractivity contribution in [2.75, 3.05) is 0 Å². The van der Waals surface area contributed by atoms with Crippen LogP contribution in [0.3, 0.4) is 0 Å². The predicted octanol–water partition coefficient (Wildman–Crippen LogP) is 9.82. The largest absolute Gasteiger partial charge is 0.335 e. The van der Waals surface area contributed by atoms with Gasteiger partial charge in [-0.15, -0.1) is 0 Å². The molecule has 0 unspecified atom stereocenters. The number of para-hydroxylation sites is 1. The number of fused-ring (bicyclic) bond motifs is 6. The van der Waals surface area contributed by atoms with Crippen molar-refractivity contribution < 1.29 is 0 Å². The molecular weight excluding hydrogens is 422 g/mol. The van der Waals surface area contributed by atoms with Crippen molar-refractivity contribution >= 4 is 43.4 Å². The molecule has 1 heteroatoms. The zero-order valence-corrected chi connectivity index (χ0v) is 21.6. The Labute approximate surface area is 208 Å². The third kappa shape index (κ3) is 3.37. The van der Waals surface area contributed by atoms with Crippen LogP contribution in [0.1, 0.15) is 47.1 Å². The fraction of sp³-hybridized carbons (Fsp3) is 0.235. The van der Waals surface area contributed by atoms with E-state index in [9.17, 15) is 0 Å². The molecule has 0 fully saturated rings.